The van der Waals surface area contributed by atoms with Gasteiger partial charge < -0.3 is 10.6 Å². The van der Waals surface area contributed by atoms with Gasteiger partial charge in [-0.05, 0) is 37.8 Å². The van der Waals surface area contributed by atoms with Gasteiger partial charge in [0.15, 0.2) is 5.16 Å². The highest BCUT2D eigenvalue weighted by Gasteiger charge is 2.06. The molecule has 6 heteroatoms. The quantitative estimate of drug-likeness (QED) is 0.615. The van der Waals surface area contributed by atoms with Crippen molar-refractivity contribution in [2.24, 2.45) is 0 Å². The molecular formula is C14H17BrN4S. The van der Waals surface area contributed by atoms with Crippen LogP contribution in [0.3, 0.4) is 0 Å². The Morgan fingerprint density at radius 3 is 2.65 bits per heavy atom. The topological polar surface area (TPSA) is 49.8 Å². The SMILES string of the molecule is CCNc1cc(Nc2cc(Br)ccc2C)nc(SC)n1. The average molecular weight is 353 g/mol. The summed E-state index contributed by atoms with van der Waals surface area (Å²) in [7, 11) is 0. The molecule has 2 aromatic rings. The molecule has 4 nitrogen and oxygen atoms in total. The van der Waals surface area contributed by atoms with E-state index in [1.807, 2.05) is 31.4 Å². The van der Waals surface area contributed by atoms with Gasteiger partial charge in [0.05, 0.1) is 0 Å². The van der Waals surface area contributed by atoms with Gasteiger partial charge in [-0.15, -0.1) is 0 Å². The Morgan fingerprint density at radius 1 is 1.20 bits per heavy atom. The molecular weight excluding hydrogens is 336 g/mol. The van der Waals surface area contributed by atoms with E-state index < -0.39 is 0 Å². The van der Waals surface area contributed by atoms with Crippen LogP contribution >= 0.6 is 27.7 Å². The molecule has 0 atom stereocenters. The fraction of sp³-hybridized carbons (Fsp3) is 0.286. The van der Waals surface area contributed by atoms with Gasteiger partial charge in [0.25, 0.3) is 0 Å². The lowest BCUT2D eigenvalue weighted by atomic mass is 10.2. The van der Waals surface area contributed by atoms with Crippen molar-refractivity contribution in [2.45, 2.75) is 19.0 Å². The van der Waals surface area contributed by atoms with Crippen molar-refractivity contribution in [3.63, 3.8) is 0 Å². The van der Waals surface area contributed by atoms with Crippen molar-refractivity contribution in [2.75, 3.05) is 23.4 Å². The molecule has 1 aromatic heterocycles. The summed E-state index contributed by atoms with van der Waals surface area (Å²) < 4.78 is 1.04. The maximum Gasteiger partial charge on any atom is 0.191 e. The zero-order chi connectivity index (χ0) is 14.5. The molecule has 0 saturated carbocycles. The molecule has 0 bridgehead atoms. The van der Waals surface area contributed by atoms with Gasteiger partial charge in [-0.25, -0.2) is 9.97 Å². The van der Waals surface area contributed by atoms with Crippen LogP contribution in [0.1, 0.15) is 12.5 Å². The van der Waals surface area contributed by atoms with Crippen LogP contribution in [0.25, 0.3) is 0 Å². The number of benzene rings is 1. The summed E-state index contributed by atoms with van der Waals surface area (Å²) in [5.74, 6) is 1.63. The Labute approximate surface area is 131 Å². The highest BCUT2D eigenvalue weighted by Crippen LogP contribution is 2.25. The highest BCUT2D eigenvalue weighted by atomic mass is 79.9. The van der Waals surface area contributed by atoms with E-state index in [1.165, 1.54) is 17.3 Å². The number of nitrogens with one attached hydrogen (secondary N) is 2. The van der Waals surface area contributed by atoms with Crippen LogP contribution in [0.2, 0.25) is 0 Å². The van der Waals surface area contributed by atoms with Crippen molar-refractivity contribution in [1.82, 2.24) is 9.97 Å². The van der Waals surface area contributed by atoms with Gasteiger partial charge in [0, 0.05) is 22.8 Å². The Hall–Kier alpha value is -1.27. The molecule has 2 rings (SSSR count). The second kappa shape index (κ2) is 6.95. The summed E-state index contributed by atoms with van der Waals surface area (Å²) in [6.45, 7) is 4.95. The van der Waals surface area contributed by atoms with E-state index in [1.54, 1.807) is 0 Å². The molecule has 2 N–H and O–H groups in total. The van der Waals surface area contributed by atoms with Gasteiger partial charge in [-0.2, -0.15) is 0 Å². The maximum absolute atomic E-state index is 4.49. The van der Waals surface area contributed by atoms with E-state index in [4.69, 9.17) is 0 Å². The average Bonchev–Trinajstić information content (AvgIpc) is 2.43. The largest absolute Gasteiger partial charge is 0.370 e. The Morgan fingerprint density at radius 2 is 1.95 bits per heavy atom. The van der Waals surface area contributed by atoms with Crippen LogP contribution in [0.15, 0.2) is 33.9 Å². The number of rotatable bonds is 5. The number of anilines is 3. The zero-order valence-electron chi connectivity index (χ0n) is 11.7. The molecule has 0 aliphatic heterocycles. The maximum atomic E-state index is 4.49. The van der Waals surface area contributed by atoms with Gasteiger partial charge in [0.1, 0.15) is 11.6 Å². The minimum atomic E-state index is 0.749. The third kappa shape index (κ3) is 3.86. The van der Waals surface area contributed by atoms with E-state index >= 15 is 0 Å². The third-order valence-electron chi connectivity index (χ3n) is 2.71. The molecule has 0 fully saturated rings. The molecule has 1 heterocycles. The third-order valence-corrected chi connectivity index (χ3v) is 3.75. The lowest BCUT2D eigenvalue weighted by Gasteiger charge is -2.12. The van der Waals surface area contributed by atoms with Crippen molar-refractivity contribution < 1.29 is 0 Å². The molecule has 0 saturated heterocycles. The molecule has 0 aliphatic rings. The predicted octanol–water partition coefficient (Wildman–Crippen LogP) is 4.44. The monoisotopic (exact) mass is 352 g/mol. The van der Waals surface area contributed by atoms with Crippen LogP contribution in [0.5, 0.6) is 0 Å². The second-order valence-corrected chi connectivity index (χ2v) is 5.93. The summed E-state index contributed by atoms with van der Waals surface area (Å²) >= 11 is 5.02. The summed E-state index contributed by atoms with van der Waals surface area (Å²) in [4.78, 5) is 8.90. The molecule has 0 aliphatic carbocycles. The van der Waals surface area contributed by atoms with Crippen molar-refractivity contribution in [3.8, 4) is 0 Å². The highest BCUT2D eigenvalue weighted by molar-refractivity contribution is 9.10. The summed E-state index contributed by atoms with van der Waals surface area (Å²) in [5, 5.41) is 7.32. The first-order chi connectivity index (χ1) is 9.62. The van der Waals surface area contributed by atoms with E-state index in [2.05, 4.69) is 49.5 Å². The van der Waals surface area contributed by atoms with Gasteiger partial charge in [-0.3, -0.25) is 0 Å². The first-order valence-corrected chi connectivity index (χ1v) is 8.34. The number of aromatic nitrogens is 2. The first kappa shape index (κ1) is 15.1. The molecule has 106 valence electrons. The number of hydrogen-bond acceptors (Lipinski definition) is 5. The standard InChI is InChI=1S/C14H17BrN4S/c1-4-16-12-8-13(19-14(18-12)20-3)17-11-7-10(15)6-5-9(11)2/h5-8H,4H2,1-3H3,(H2,16,17,18,19). The van der Waals surface area contributed by atoms with Crippen LogP contribution < -0.4 is 10.6 Å². The Kier molecular flexibility index (Phi) is 5.25. The van der Waals surface area contributed by atoms with E-state index in [0.717, 1.165) is 33.5 Å². The van der Waals surface area contributed by atoms with E-state index in [-0.39, 0.29) is 0 Å². The minimum absolute atomic E-state index is 0.749. The molecule has 0 radical (unpaired) electrons. The number of nitrogens with zero attached hydrogens (tertiary/aromatic N) is 2. The normalized spacial score (nSPS) is 10.4. The van der Waals surface area contributed by atoms with Gasteiger partial charge >= 0.3 is 0 Å². The van der Waals surface area contributed by atoms with Gasteiger partial charge in [0.2, 0.25) is 0 Å². The molecule has 0 unspecified atom stereocenters. The number of hydrogen-bond donors (Lipinski definition) is 2. The van der Waals surface area contributed by atoms with Crippen molar-refractivity contribution >= 4 is 45.0 Å². The fourth-order valence-electron chi connectivity index (χ4n) is 1.72. The van der Waals surface area contributed by atoms with Crippen molar-refractivity contribution in [3.05, 3.63) is 34.3 Å². The smallest absolute Gasteiger partial charge is 0.191 e. The lowest BCUT2D eigenvalue weighted by molar-refractivity contribution is 0.967. The second-order valence-electron chi connectivity index (χ2n) is 4.24. The van der Waals surface area contributed by atoms with Crippen LogP contribution in [0.4, 0.5) is 17.3 Å². The summed E-state index contributed by atoms with van der Waals surface area (Å²) in [5.41, 5.74) is 2.20. The number of halogens is 1. The Balaban J connectivity index is 2.32. The molecule has 1 aromatic carbocycles. The lowest BCUT2D eigenvalue weighted by Crippen LogP contribution is -2.04. The number of thioether (sulfide) groups is 1. The fourth-order valence-corrected chi connectivity index (χ4v) is 2.46. The van der Waals surface area contributed by atoms with E-state index in [9.17, 15) is 0 Å². The van der Waals surface area contributed by atoms with Crippen LogP contribution in [-0.2, 0) is 0 Å². The Bertz CT molecular complexity index is 604. The summed E-state index contributed by atoms with van der Waals surface area (Å²) in [6, 6.07) is 8.05. The van der Waals surface area contributed by atoms with Crippen molar-refractivity contribution in [1.29, 1.82) is 0 Å². The first-order valence-electron chi connectivity index (χ1n) is 6.32. The zero-order valence-corrected chi connectivity index (χ0v) is 14.1. The van der Waals surface area contributed by atoms with Crippen LogP contribution in [-0.4, -0.2) is 22.8 Å². The van der Waals surface area contributed by atoms with E-state index in [0.29, 0.717) is 0 Å². The number of aryl methyl sites for hydroxylation is 1. The predicted molar refractivity (Wildman–Crippen MR) is 90.1 cm³/mol. The molecule has 0 spiro atoms. The van der Waals surface area contributed by atoms with Gasteiger partial charge in [-0.1, -0.05) is 33.8 Å². The minimum Gasteiger partial charge on any atom is -0.370 e. The van der Waals surface area contributed by atoms with Crippen LogP contribution in [0, 0.1) is 6.92 Å². The summed E-state index contributed by atoms with van der Waals surface area (Å²) in [6.07, 6.45) is 1.97. The molecule has 20 heavy (non-hydrogen) atoms. The molecule has 0 amide bonds.